The maximum absolute atomic E-state index is 12.5. The number of ether oxygens (including phenoxy) is 2. The van der Waals surface area contributed by atoms with Crippen molar-refractivity contribution < 1.29 is 14.3 Å². The van der Waals surface area contributed by atoms with Crippen molar-refractivity contribution in [3.8, 4) is 11.5 Å². The molecule has 1 aliphatic heterocycles. The smallest absolute Gasteiger partial charge is 0.206 e. The standard InChI is InChI=1S/C14H11ClO3S/c1-17-10-6-12(19-7-10)13(16)11-5-9(15)4-8-2-3-18-14(8)11/h4-7H,2-3H2,1H3. The molecule has 0 amide bonds. The molecule has 2 heterocycles. The molecular formula is C14H11ClO3S. The number of carbonyl (C=O) groups is 1. The quantitative estimate of drug-likeness (QED) is 0.812. The molecule has 0 spiro atoms. The lowest BCUT2D eigenvalue weighted by Gasteiger charge is -2.06. The summed E-state index contributed by atoms with van der Waals surface area (Å²) < 4.78 is 10.7. The Bertz CT molecular complexity index is 648. The Balaban J connectivity index is 2.04. The molecule has 0 radical (unpaired) electrons. The van der Waals surface area contributed by atoms with Crippen LogP contribution >= 0.6 is 22.9 Å². The van der Waals surface area contributed by atoms with Crippen LogP contribution in [0.1, 0.15) is 20.8 Å². The summed E-state index contributed by atoms with van der Waals surface area (Å²) in [5.74, 6) is 1.28. The lowest BCUT2D eigenvalue weighted by atomic mass is 10.0. The van der Waals surface area contributed by atoms with Gasteiger partial charge in [0.1, 0.15) is 11.5 Å². The van der Waals surface area contributed by atoms with Crippen LogP contribution < -0.4 is 9.47 Å². The molecule has 0 saturated heterocycles. The average molecular weight is 295 g/mol. The van der Waals surface area contributed by atoms with Crippen LogP contribution in [0.5, 0.6) is 11.5 Å². The van der Waals surface area contributed by atoms with E-state index in [-0.39, 0.29) is 5.78 Å². The summed E-state index contributed by atoms with van der Waals surface area (Å²) in [6, 6.07) is 5.26. The van der Waals surface area contributed by atoms with Crippen molar-refractivity contribution in [3.05, 3.63) is 44.6 Å². The molecule has 0 bridgehead atoms. The summed E-state index contributed by atoms with van der Waals surface area (Å²) in [7, 11) is 1.58. The number of fused-ring (bicyclic) bond motifs is 1. The molecule has 0 saturated carbocycles. The van der Waals surface area contributed by atoms with Gasteiger partial charge < -0.3 is 9.47 Å². The summed E-state index contributed by atoms with van der Waals surface area (Å²) in [5, 5.41) is 2.37. The minimum atomic E-state index is -0.0750. The third-order valence-electron chi connectivity index (χ3n) is 3.03. The molecule has 19 heavy (non-hydrogen) atoms. The Hall–Kier alpha value is -1.52. The molecule has 0 fully saturated rings. The highest BCUT2D eigenvalue weighted by Crippen LogP contribution is 2.35. The van der Waals surface area contributed by atoms with E-state index in [0.29, 0.717) is 33.6 Å². The number of ketones is 1. The topological polar surface area (TPSA) is 35.5 Å². The predicted molar refractivity (Wildman–Crippen MR) is 75.0 cm³/mol. The molecule has 0 N–H and O–H groups in total. The van der Waals surface area contributed by atoms with Crippen LogP contribution in [-0.4, -0.2) is 19.5 Å². The van der Waals surface area contributed by atoms with Crippen LogP contribution in [-0.2, 0) is 6.42 Å². The van der Waals surface area contributed by atoms with E-state index in [1.54, 1.807) is 24.6 Å². The number of benzene rings is 1. The molecular weight excluding hydrogens is 284 g/mol. The molecule has 1 aromatic heterocycles. The molecule has 1 aliphatic rings. The van der Waals surface area contributed by atoms with E-state index in [9.17, 15) is 4.79 Å². The lowest BCUT2D eigenvalue weighted by Crippen LogP contribution is -2.02. The zero-order chi connectivity index (χ0) is 13.4. The highest BCUT2D eigenvalue weighted by molar-refractivity contribution is 7.12. The molecule has 0 atom stereocenters. The van der Waals surface area contributed by atoms with Crippen molar-refractivity contribution in [1.29, 1.82) is 0 Å². The fourth-order valence-electron chi connectivity index (χ4n) is 2.12. The highest BCUT2D eigenvalue weighted by Gasteiger charge is 2.23. The zero-order valence-corrected chi connectivity index (χ0v) is 11.8. The van der Waals surface area contributed by atoms with Gasteiger partial charge in [0.05, 0.1) is 24.2 Å². The number of hydrogen-bond acceptors (Lipinski definition) is 4. The largest absolute Gasteiger partial charge is 0.496 e. The van der Waals surface area contributed by atoms with Crippen LogP contribution in [0.2, 0.25) is 5.02 Å². The Kier molecular flexibility index (Phi) is 3.21. The predicted octanol–water partition coefficient (Wildman–Crippen LogP) is 3.58. The Labute approximate surface area is 119 Å². The van der Waals surface area contributed by atoms with E-state index in [1.165, 1.54) is 11.3 Å². The van der Waals surface area contributed by atoms with E-state index >= 15 is 0 Å². The SMILES string of the molecule is COc1csc(C(=O)c2cc(Cl)cc3c2OCC3)c1. The number of rotatable bonds is 3. The third-order valence-corrected chi connectivity index (χ3v) is 4.15. The van der Waals surface area contributed by atoms with Crippen molar-refractivity contribution in [2.75, 3.05) is 13.7 Å². The van der Waals surface area contributed by atoms with Gasteiger partial charge in [0, 0.05) is 22.9 Å². The highest BCUT2D eigenvalue weighted by atomic mass is 35.5. The number of methoxy groups -OCH3 is 1. The molecule has 0 aliphatic carbocycles. The summed E-state index contributed by atoms with van der Waals surface area (Å²) in [4.78, 5) is 13.1. The number of halogens is 1. The van der Waals surface area contributed by atoms with E-state index in [2.05, 4.69) is 0 Å². The van der Waals surface area contributed by atoms with Gasteiger partial charge in [-0.15, -0.1) is 11.3 Å². The molecule has 98 valence electrons. The molecule has 3 nitrogen and oxygen atoms in total. The normalized spacial score (nSPS) is 12.9. The third kappa shape index (κ3) is 2.22. The van der Waals surface area contributed by atoms with Crippen LogP contribution in [0.3, 0.4) is 0 Å². The second-order valence-corrected chi connectivity index (χ2v) is 5.57. The van der Waals surface area contributed by atoms with Gasteiger partial charge in [0.2, 0.25) is 5.78 Å². The summed E-state index contributed by atoms with van der Waals surface area (Å²) >= 11 is 7.42. The molecule has 0 unspecified atom stereocenters. The first kappa shape index (κ1) is 12.5. The van der Waals surface area contributed by atoms with Gasteiger partial charge in [-0.3, -0.25) is 4.79 Å². The van der Waals surface area contributed by atoms with E-state index < -0.39 is 0 Å². The van der Waals surface area contributed by atoms with E-state index in [4.69, 9.17) is 21.1 Å². The maximum atomic E-state index is 12.5. The molecule has 2 aromatic rings. The first-order valence-electron chi connectivity index (χ1n) is 5.81. The van der Waals surface area contributed by atoms with E-state index in [1.807, 2.05) is 6.07 Å². The van der Waals surface area contributed by atoms with Crippen LogP contribution in [0.15, 0.2) is 23.6 Å². The van der Waals surface area contributed by atoms with Gasteiger partial charge >= 0.3 is 0 Å². The fraction of sp³-hybridized carbons (Fsp3) is 0.214. The molecule has 3 rings (SSSR count). The second kappa shape index (κ2) is 4.87. The monoisotopic (exact) mass is 294 g/mol. The van der Waals surface area contributed by atoms with Gasteiger partial charge in [-0.2, -0.15) is 0 Å². The van der Waals surface area contributed by atoms with Crippen molar-refractivity contribution in [2.24, 2.45) is 0 Å². The van der Waals surface area contributed by atoms with Crippen LogP contribution in [0.4, 0.5) is 0 Å². The minimum absolute atomic E-state index is 0.0750. The number of carbonyl (C=O) groups excluding carboxylic acids is 1. The van der Waals surface area contributed by atoms with Gasteiger partial charge in [-0.1, -0.05) is 11.6 Å². The number of thiophene rings is 1. The first-order valence-corrected chi connectivity index (χ1v) is 7.07. The second-order valence-electron chi connectivity index (χ2n) is 4.22. The maximum Gasteiger partial charge on any atom is 0.206 e. The summed E-state index contributed by atoms with van der Waals surface area (Å²) in [6.45, 7) is 0.601. The first-order chi connectivity index (χ1) is 9.19. The zero-order valence-electron chi connectivity index (χ0n) is 10.2. The van der Waals surface area contributed by atoms with Gasteiger partial charge in [0.15, 0.2) is 0 Å². The Morgan fingerprint density at radius 1 is 1.42 bits per heavy atom. The van der Waals surface area contributed by atoms with Crippen LogP contribution in [0, 0.1) is 0 Å². The van der Waals surface area contributed by atoms with E-state index in [0.717, 1.165) is 12.0 Å². The average Bonchev–Trinajstić information content (AvgIpc) is 3.04. The fourth-order valence-corrected chi connectivity index (χ4v) is 3.16. The van der Waals surface area contributed by atoms with Crippen molar-refractivity contribution in [3.63, 3.8) is 0 Å². The van der Waals surface area contributed by atoms with Crippen molar-refractivity contribution in [1.82, 2.24) is 0 Å². The molecule has 1 aromatic carbocycles. The van der Waals surface area contributed by atoms with Crippen molar-refractivity contribution in [2.45, 2.75) is 6.42 Å². The lowest BCUT2D eigenvalue weighted by molar-refractivity contribution is 0.103. The Morgan fingerprint density at radius 2 is 2.26 bits per heavy atom. The van der Waals surface area contributed by atoms with Gasteiger partial charge in [-0.25, -0.2) is 0 Å². The summed E-state index contributed by atoms with van der Waals surface area (Å²) in [5.41, 5.74) is 1.53. The summed E-state index contributed by atoms with van der Waals surface area (Å²) in [6.07, 6.45) is 0.796. The van der Waals surface area contributed by atoms with Gasteiger partial charge in [0.25, 0.3) is 0 Å². The van der Waals surface area contributed by atoms with Crippen molar-refractivity contribution >= 4 is 28.7 Å². The van der Waals surface area contributed by atoms with Gasteiger partial charge in [-0.05, 0) is 17.7 Å². The minimum Gasteiger partial charge on any atom is -0.496 e. The molecule has 5 heteroatoms. The number of hydrogen-bond donors (Lipinski definition) is 0. The van der Waals surface area contributed by atoms with Crippen LogP contribution in [0.25, 0.3) is 0 Å². The Morgan fingerprint density at radius 3 is 3.00 bits per heavy atom.